The highest BCUT2D eigenvalue weighted by Gasteiger charge is 2.39. The van der Waals surface area contributed by atoms with Crippen molar-refractivity contribution >= 4 is 39.3 Å². The Morgan fingerprint density at radius 1 is 1.07 bits per heavy atom. The van der Waals surface area contributed by atoms with Crippen molar-refractivity contribution in [2.45, 2.75) is 19.6 Å². The summed E-state index contributed by atoms with van der Waals surface area (Å²) < 4.78 is 24.6. The van der Waals surface area contributed by atoms with Gasteiger partial charge in [-0.25, -0.2) is 14.0 Å². The number of nitrogens with one attached hydrogen (secondary N) is 1. The molecule has 1 heterocycles. The van der Waals surface area contributed by atoms with Crippen LogP contribution in [0.15, 0.2) is 58.7 Å². The minimum absolute atomic E-state index is 0.102. The molecule has 6 nitrogen and oxygen atoms in total. The molecule has 0 unspecified atom stereocenters. The van der Waals surface area contributed by atoms with Crippen molar-refractivity contribution < 1.29 is 28.2 Å². The predicted molar refractivity (Wildman–Crippen MR) is 102 cm³/mol. The Labute approximate surface area is 168 Å². The van der Waals surface area contributed by atoms with Crippen molar-refractivity contribution in [3.8, 4) is 0 Å². The molecule has 0 atom stereocenters. The minimum Gasteiger partial charge on any atom is -0.419 e. The molecule has 1 N–H and O–H groups in total. The van der Waals surface area contributed by atoms with Gasteiger partial charge in [-0.05, 0) is 30.3 Å². The van der Waals surface area contributed by atoms with Crippen molar-refractivity contribution in [3.05, 3.63) is 75.7 Å². The van der Waals surface area contributed by atoms with E-state index >= 15 is 0 Å². The van der Waals surface area contributed by atoms with Crippen LogP contribution in [0, 0.1) is 5.82 Å². The molecule has 1 aliphatic heterocycles. The average Bonchev–Trinajstić information content (AvgIpc) is 2.61. The standard InChI is InChI=1S/C20H15BrFNO5/c1-20(2)27-18(25)14(19(26)28-20)10-23-16-8-7-11(21)9-13(16)17(24)12-5-3-4-6-15(12)22/h3-10,23H,1-2H3. The molecule has 2 aromatic carbocycles. The normalized spacial score (nSPS) is 15.5. The largest absolute Gasteiger partial charge is 0.419 e. The molecule has 0 bridgehead atoms. The third-order valence-electron chi connectivity index (χ3n) is 3.83. The van der Waals surface area contributed by atoms with E-state index in [1.165, 1.54) is 38.1 Å². The maximum absolute atomic E-state index is 14.0. The molecule has 2 aromatic rings. The van der Waals surface area contributed by atoms with Crippen LogP contribution in [0.2, 0.25) is 0 Å². The first-order chi connectivity index (χ1) is 13.2. The van der Waals surface area contributed by atoms with Gasteiger partial charge >= 0.3 is 11.9 Å². The van der Waals surface area contributed by atoms with Crippen LogP contribution in [0.5, 0.6) is 0 Å². The summed E-state index contributed by atoms with van der Waals surface area (Å²) in [7, 11) is 0. The Balaban J connectivity index is 1.94. The summed E-state index contributed by atoms with van der Waals surface area (Å²) in [5.41, 5.74) is -0.0374. The quantitative estimate of drug-likeness (QED) is 0.330. The number of ketones is 1. The van der Waals surface area contributed by atoms with E-state index in [9.17, 15) is 18.8 Å². The fourth-order valence-corrected chi connectivity index (χ4v) is 2.91. The maximum atomic E-state index is 14.0. The Morgan fingerprint density at radius 2 is 1.71 bits per heavy atom. The SMILES string of the molecule is CC1(C)OC(=O)C(=CNc2ccc(Br)cc2C(=O)c2ccccc2F)C(=O)O1. The Bertz CT molecular complexity index is 993. The summed E-state index contributed by atoms with van der Waals surface area (Å²) in [4.78, 5) is 36.9. The molecule has 0 aromatic heterocycles. The lowest BCUT2D eigenvalue weighted by Crippen LogP contribution is -2.42. The fraction of sp³-hybridized carbons (Fsp3) is 0.150. The average molecular weight is 448 g/mol. The van der Waals surface area contributed by atoms with Crippen molar-refractivity contribution in [1.82, 2.24) is 0 Å². The number of halogens is 2. The summed E-state index contributed by atoms with van der Waals surface area (Å²) in [5, 5.41) is 2.74. The maximum Gasteiger partial charge on any atom is 0.350 e. The molecule has 0 spiro atoms. The number of hydrogen-bond donors (Lipinski definition) is 1. The number of hydrogen-bond acceptors (Lipinski definition) is 6. The summed E-state index contributed by atoms with van der Waals surface area (Å²) in [6.45, 7) is 2.87. The monoisotopic (exact) mass is 447 g/mol. The number of esters is 2. The highest BCUT2D eigenvalue weighted by Crippen LogP contribution is 2.27. The van der Waals surface area contributed by atoms with Crippen LogP contribution in [0.25, 0.3) is 0 Å². The van der Waals surface area contributed by atoms with Crippen molar-refractivity contribution in [3.63, 3.8) is 0 Å². The van der Waals surface area contributed by atoms with Gasteiger partial charge in [0.15, 0.2) is 11.4 Å². The number of anilines is 1. The second kappa shape index (κ2) is 7.55. The molecule has 3 rings (SSSR count). The van der Waals surface area contributed by atoms with Gasteiger partial charge in [-0.15, -0.1) is 0 Å². The van der Waals surface area contributed by atoms with Gasteiger partial charge in [0.2, 0.25) is 0 Å². The highest BCUT2D eigenvalue weighted by atomic mass is 79.9. The van der Waals surface area contributed by atoms with E-state index in [0.717, 1.165) is 6.20 Å². The van der Waals surface area contributed by atoms with Gasteiger partial charge < -0.3 is 14.8 Å². The van der Waals surface area contributed by atoms with Crippen LogP contribution in [0.3, 0.4) is 0 Å². The van der Waals surface area contributed by atoms with Gasteiger partial charge in [-0.1, -0.05) is 28.1 Å². The van der Waals surface area contributed by atoms with Gasteiger partial charge in [0, 0.05) is 35.8 Å². The fourth-order valence-electron chi connectivity index (χ4n) is 2.55. The zero-order valence-corrected chi connectivity index (χ0v) is 16.5. The van der Waals surface area contributed by atoms with E-state index in [2.05, 4.69) is 21.2 Å². The Hall–Kier alpha value is -3.00. The molecular weight excluding hydrogens is 433 g/mol. The van der Waals surface area contributed by atoms with E-state index in [0.29, 0.717) is 4.47 Å². The zero-order chi connectivity index (χ0) is 20.5. The van der Waals surface area contributed by atoms with E-state index in [4.69, 9.17) is 9.47 Å². The second-order valence-corrected chi connectivity index (χ2v) is 7.30. The molecular formula is C20H15BrFNO5. The summed E-state index contributed by atoms with van der Waals surface area (Å²) >= 11 is 3.28. The molecule has 8 heteroatoms. The van der Waals surface area contributed by atoms with Crippen LogP contribution < -0.4 is 5.32 Å². The molecule has 1 aliphatic rings. The van der Waals surface area contributed by atoms with Crippen LogP contribution in [-0.2, 0) is 19.1 Å². The van der Waals surface area contributed by atoms with Crippen molar-refractivity contribution in [2.24, 2.45) is 0 Å². The Morgan fingerprint density at radius 3 is 2.36 bits per heavy atom. The van der Waals surface area contributed by atoms with Gasteiger partial charge in [-0.3, -0.25) is 4.79 Å². The number of carbonyl (C=O) groups is 3. The minimum atomic E-state index is -1.35. The molecule has 1 fully saturated rings. The predicted octanol–water partition coefficient (Wildman–Crippen LogP) is 3.95. The van der Waals surface area contributed by atoms with Crippen molar-refractivity contribution in [1.29, 1.82) is 0 Å². The molecule has 144 valence electrons. The third kappa shape index (κ3) is 4.12. The highest BCUT2D eigenvalue weighted by molar-refractivity contribution is 9.10. The Kier molecular flexibility index (Phi) is 5.33. The number of carbonyl (C=O) groups excluding carboxylic acids is 3. The van der Waals surface area contributed by atoms with Gasteiger partial charge in [0.1, 0.15) is 5.82 Å². The number of rotatable bonds is 4. The van der Waals surface area contributed by atoms with Gasteiger partial charge in [-0.2, -0.15) is 0 Å². The molecule has 1 saturated heterocycles. The number of cyclic esters (lactones) is 2. The van der Waals surface area contributed by atoms with Gasteiger partial charge in [0.25, 0.3) is 5.79 Å². The first kappa shape index (κ1) is 19.8. The first-order valence-corrected chi connectivity index (χ1v) is 8.99. The van der Waals surface area contributed by atoms with Crippen LogP contribution in [0.4, 0.5) is 10.1 Å². The smallest absolute Gasteiger partial charge is 0.350 e. The van der Waals surface area contributed by atoms with E-state index in [1.807, 2.05) is 0 Å². The summed E-state index contributed by atoms with van der Waals surface area (Å²) in [5.74, 6) is -4.27. The summed E-state index contributed by atoms with van der Waals surface area (Å²) in [6, 6.07) is 10.3. The van der Waals surface area contributed by atoms with Crippen molar-refractivity contribution in [2.75, 3.05) is 5.32 Å². The van der Waals surface area contributed by atoms with Crippen LogP contribution in [0.1, 0.15) is 29.8 Å². The van der Waals surface area contributed by atoms with E-state index in [-0.39, 0.29) is 22.4 Å². The lowest BCUT2D eigenvalue weighted by atomic mass is 10.0. The molecule has 0 aliphatic carbocycles. The summed E-state index contributed by atoms with van der Waals surface area (Å²) in [6.07, 6.45) is 1.10. The number of benzene rings is 2. The first-order valence-electron chi connectivity index (χ1n) is 8.20. The topological polar surface area (TPSA) is 81.7 Å². The lowest BCUT2D eigenvalue weighted by Gasteiger charge is -2.29. The molecule has 0 amide bonds. The van der Waals surface area contributed by atoms with Gasteiger partial charge in [0.05, 0.1) is 5.56 Å². The molecule has 28 heavy (non-hydrogen) atoms. The number of ether oxygens (including phenoxy) is 2. The second-order valence-electron chi connectivity index (χ2n) is 6.38. The van der Waals surface area contributed by atoms with E-state index in [1.54, 1.807) is 18.2 Å². The lowest BCUT2D eigenvalue weighted by molar-refractivity contribution is -0.222. The molecule has 0 radical (unpaired) electrons. The zero-order valence-electron chi connectivity index (χ0n) is 14.9. The third-order valence-corrected chi connectivity index (χ3v) is 4.33. The van der Waals surface area contributed by atoms with Crippen LogP contribution in [-0.4, -0.2) is 23.5 Å². The van der Waals surface area contributed by atoms with E-state index < -0.39 is 29.3 Å². The van der Waals surface area contributed by atoms with Crippen LogP contribution >= 0.6 is 15.9 Å². The molecule has 0 saturated carbocycles.